The third kappa shape index (κ3) is 2.47. The number of aryl methyl sites for hydroxylation is 1. The number of aromatic nitrogens is 1. The monoisotopic (exact) mass is 352 g/mol. The van der Waals surface area contributed by atoms with Crippen molar-refractivity contribution in [1.29, 1.82) is 0 Å². The molecule has 3 aromatic carbocycles. The predicted molar refractivity (Wildman–Crippen MR) is 109 cm³/mol. The molecule has 0 saturated carbocycles. The summed E-state index contributed by atoms with van der Waals surface area (Å²) in [5, 5.41) is 1.19. The van der Waals surface area contributed by atoms with Gasteiger partial charge in [0.25, 0.3) is 5.91 Å². The van der Waals surface area contributed by atoms with Crippen molar-refractivity contribution in [2.24, 2.45) is 0 Å². The van der Waals surface area contributed by atoms with Crippen molar-refractivity contribution in [3.63, 3.8) is 0 Å². The van der Waals surface area contributed by atoms with E-state index >= 15 is 0 Å². The maximum atomic E-state index is 13.5. The number of para-hydroxylation sites is 2. The van der Waals surface area contributed by atoms with Crippen molar-refractivity contribution in [1.82, 2.24) is 4.98 Å². The molecule has 1 N–H and O–H groups in total. The molecule has 1 unspecified atom stereocenters. The maximum absolute atomic E-state index is 13.5. The number of amides is 1. The summed E-state index contributed by atoms with van der Waals surface area (Å²) in [6.45, 7) is 2.10. The van der Waals surface area contributed by atoms with E-state index in [1.165, 1.54) is 16.5 Å². The summed E-state index contributed by atoms with van der Waals surface area (Å²) < 4.78 is 0. The second-order valence-corrected chi connectivity index (χ2v) is 7.10. The lowest BCUT2D eigenvalue weighted by atomic mass is 9.99. The molecule has 1 amide bonds. The Morgan fingerprint density at radius 2 is 1.63 bits per heavy atom. The van der Waals surface area contributed by atoms with Crippen molar-refractivity contribution in [3.05, 3.63) is 101 Å². The molecule has 3 nitrogen and oxygen atoms in total. The number of hydrogen-bond donors (Lipinski definition) is 1. The molecule has 0 spiro atoms. The van der Waals surface area contributed by atoms with Crippen LogP contribution in [0.15, 0.2) is 78.9 Å². The summed E-state index contributed by atoms with van der Waals surface area (Å²) in [5.41, 5.74) is 6.41. The topological polar surface area (TPSA) is 36.1 Å². The van der Waals surface area contributed by atoms with E-state index < -0.39 is 0 Å². The first kappa shape index (κ1) is 15.9. The summed E-state index contributed by atoms with van der Waals surface area (Å²) in [6, 6.07) is 26.1. The van der Waals surface area contributed by atoms with Crippen LogP contribution in [0.4, 0.5) is 5.69 Å². The number of H-pyrrole nitrogens is 1. The highest BCUT2D eigenvalue weighted by molar-refractivity contribution is 6.08. The van der Waals surface area contributed by atoms with Gasteiger partial charge in [0.15, 0.2) is 0 Å². The molecule has 1 aliphatic heterocycles. The Balaban J connectivity index is 1.69. The van der Waals surface area contributed by atoms with Crippen molar-refractivity contribution >= 4 is 22.5 Å². The zero-order chi connectivity index (χ0) is 18.4. The first-order valence-electron chi connectivity index (χ1n) is 9.28. The van der Waals surface area contributed by atoms with Crippen molar-refractivity contribution in [2.75, 3.05) is 4.90 Å². The van der Waals surface area contributed by atoms with Gasteiger partial charge in [0.2, 0.25) is 0 Å². The molecule has 132 valence electrons. The van der Waals surface area contributed by atoms with Crippen LogP contribution in [0, 0.1) is 6.92 Å². The van der Waals surface area contributed by atoms with Crippen molar-refractivity contribution in [2.45, 2.75) is 19.4 Å². The zero-order valence-corrected chi connectivity index (χ0v) is 15.1. The molecule has 0 aliphatic carbocycles. The average molecular weight is 352 g/mol. The minimum atomic E-state index is -0.00810. The fourth-order valence-electron chi connectivity index (χ4n) is 4.32. The Morgan fingerprint density at radius 1 is 0.926 bits per heavy atom. The molecule has 0 saturated heterocycles. The van der Waals surface area contributed by atoms with Crippen molar-refractivity contribution in [3.8, 4) is 0 Å². The summed E-state index contributed by atoms with van der Waals surface area (Å²) >= 11 is 0. The fourth-order valence-corrected chi connectivity index (χ4v) is 4.32. The molecule has 3 heteroatoms. The van der Waals surface area contributed by atoms with Crippen molar-refractivity contribution < 1.29 is 4.79 Å². The molecule has 27 heavy (non-hydrogen) atoms. The van der Waals surface area contributed by atoms with Gasteiger partial charge in [0.1, 0.15) is 0 Å². The second-order valence-electron chi connectivity index (χ2n) is 7.10. The maximum Gasteiger partial charge on any atom is 0.258 e. The quantitative estimate of drug-likeness (QED) is 0.514. The highest BCUT2D eigenvalue weighted by Crippen LogP contribution is 2.44. The number of carbonyl (C=O) groups is 1. The standard InChI is InChI=1S/C24H20N2O/c1-16-23(19-12-6-7-13-20(19)25-16)22-15-18-11-5-8-14-21(18)26(22)24(27)17-9-3-2-4-10-17/h2-14,22,25H,15H2,1H3. The molecule has 1 aromatic heterocycles. The van der Waals surface area contributed by atoms with Crippen LogP contribution < -0.4 is 4.90 Å². The highest BCUT2D eigenvalue weighted by atomic mass is 16.2. The van der Waals surface area contributed by atoms with Crippen LogP contribution in [-0.2, 0) is 6.42 Å². The lowest BCUT2D eigenvalue weighted by Crippen LogP contribution is -2.32. The lowest BCUT2D eigenvalue weighted by molar-refractivity contribution is 0.0979. The van der Waals surface area contributed by atoms with Gasteiger partial charge in [-0.1, -0.05) is 54.6 Å². The fraction of sp³-hybridized carbons (Fsp3) is 0.125. The van der Waals surface area contributed by atoms with Gasteiger partial charge in [-0.3, -0.25) is 4.79 Å². The van der Waals surface area contributed by atoms with Crippen LogP contribution in [0.2, 0.25) is 0 Å². The summed E-state index contributed by atoms with van der Waals surface area (Å²) in [7, 11) is 0. The van der Waals surface area contributed by atoms with Gasteiger partial charge >= 0.3 is 0 Å². The Labute approximate surface area is 158 Å². The number of fused-ring (bicyclic) bond motifs is 2. The molecule has 2 heterocycles. The molecule has 0 fully saturated rings. The molecular weight excluding hydrogens is 332 g/mol. The normalized spacial score (nSPS) is 15.9. The van der Waals surface area contributed by atoms with Gasteiger partial charge in [-0.15, -0.1) is 0 Å². The minimum absolute atomic E-state index is 0.00810. The third-order valence-corrected chi connectivity index (χ3v) is 5.49. The van der Waals surface area contributed by atoms with Gasteiger partial charge < -0.3 is 9.88 Å². The molecule has 1 aliphatic rings. The van der Waals surface area contributed by atoms with Gasteiger partial charge in [0, 0.05) is 33.4 Å². The average Bonchev–Trinajstić information content (AvgIpc) is 3.24. The second kappa shape index (κ2) is 6.13. The van der Waals surface area contributed by atoms with E-state index in [1.807, 2.05) is 47.4 Å². The van der Waals surface area contributed by atoms with Crippen LogP contribution in [-0.4, -0.2) is 10.9 Å². The smallest absolute Gasteiger partial charge is 0.258 e. The number of rotatable bonds is 2. The van der Waals surface area contributed by atoms with Gasteiger partial charge in [-0.2, -0.15) is 0 Å². The Morgan fingerprint density at radius 3 is 2.48 bits per heavy atom. The molecule has 4 aromatic rings. The largest absolute Gasteiger partial charge is 0.358 e. The predicted octanol–water partition coefficient (Wildman–Crippen LogP) is 5.42. The van der Waals surface area contributed by atoms with E-state index in [-0.39, 0.29) is 11.9 Å². The molecule has 1 atom stereocenters. The van der Waals surface area contributed by atoms with E-state index in [0.717, 1.165) is 28.9 Å². The van der Waals surface area contributed by atoms with E-state index in [1.54, 1.807) is 0 Å². The van der Waals surface area contributed by atoms with Gasteiger partial charge in [-0.05, 0) is 43.2 Å². The van der Waals surface area contributed by atoms with E-state index in [4.69, 9.17) is 0 Å². The third-order valence-electron chi connectivity index (χ3n) is 5.49. The summed E-state index contributed by atoms with van der Waals surface area (Å²) in [6.07, 6.45) is 0.831. The number of nitrogens with one attached hydrogen (secondary N) is 1. The molecule has 0 bridgehead atoms. The van der Waals surface area contributed by atoms with Crippen LogP contribution in [0.5, 0.6) is 0 Å². The van der Waals surface area contributed by atoms with Gasteiger partial charge in [-0.25, -0.2) is 0 Å². The van der Waals surface area contributed by atoms with E-state index in [2.05, 4.69) is 48.3 Å². The summed E-state index contributed by atoms with van der Waals surface area (Å²) in [4.78, 5) is 18.9. The number of carbonyl (C=O) groups excluding carboxylic acids is 1. The van der Waals surface area contributed by atoms with E-state index in [9.17, 15) is 4.79 Å². The van der Waals surface area contributed by atoms with E-state index in [0.29, 0.717) is 0 Å². The number of aromatic amines is 1. The van der Waals surface area contributed by atoms with Crippen LogP contribution in [0.25, 0.3) is 10.9 Å². The first-order chi connectivity index (χ1) is 13.2. The molecule has 0 radical (unpaired) electrons. The van der Waals surface area contributed by atoms with Gasteiger partial charge in [0.05, 0.1) is 6.04 Å². The van der Waals surface area contributed by atoms with Crippen LogP contribution >= 0.6 is 0 Å². The first-order valence-corrected chi connectivity index (χ1v) is 9.28. The number of nitrogens with zero attached hydrogens (tertiary/aromatic N) is 1. The molecular formula is C24H20N2O. The Kier molecular flexibility index (Phi) is 3.61. The lowest BCUT2D eigenvalue weighted by Gasteiger charge is -2.26. The summed E-state index contributed by atoms with van der Waals surface area (Å²) in [5.74, 6) is 0.0511. The van der Waals surface area contributed by atoms with Crippen LogP contribution in [0.1, 0.15) is 33.2 Å². The molecule has 5 rings (SSSR count). The minimum Gasteiger partial charge on any atom is -0.358 e. The number of hydrogen-bond acceptors (Lipinski definition) is 1. The SMILES string of the molecule is Cc1[nH]c2ccccc2c1C1Cc2ccccc2N1C(=O)c1ccccc1. The van der Waals surface area contributed by atoms with Crippen LogP contribution in [0.3, 0.4) is 0 Å². The Hall–Kier alpha value is -3.33. The highest BCUT2D eigenvalue weighted by Gasteiger charge is 2.37. The number of anilines is 1. The zero-order valence-electron chi connectivity index (χ0n) is 15.1. The number of benzene rings is 3. The Bertz CT molecular complexity index is 1140.